The number of nitrogens with two attached hydrogens (primary N) is 1. The van der Waals surface area contributed by atoms with Crippen LogP contribution in [0.3, 0.4) is 0 Å². The summed E-state index contributed by atoms with van der Waals surface area (Å²) in [5, 5.41) is 7.00. The number of nitrogens with one attached hydrogen (secondary N) is 1. The van der Waals surface area contributed by atoms with Gasteiger partial charge < -0.3 is 5.73 Å². The summed E-state index contributed by atoms with van der Waals surface area (Å²) >= 11 is 0. The van der Waals surface area contributed by atoms with Gasteiger partial charge in [-0.2, -0.15) is 0 Å². The Balaban J connectivity index is 3.21. The molecule has 0 aliphatic rings. The van der Waals surface area contributed by atoms with Gasteiger partial charge in [0.1, 0.15) is 0 Å². The molecule has 0 bridgehead atoms. The lowest BCUT2D eigenvalue weighted by Crippen LogP contribution is -2.10. The fourth-order valence-electron chi connectivity index (χ4n) is 1.04. The van der Waals surface area contributed by atoms with Gasteiger partial charge in [0.25, 0.3) is 0 Å². The highest BCUT2D eigenvalue weighted by Gasteiger charge is 2.00. The lowest BCUT2D eigenvalue weighted by Gasteiger charge is -2.07. The molecule has 0 aliphatic heterocycles. The van der Waals surface area contributed by atoms with Crippen LogP contribution in [0.1, 0.15) is 39.5 Å². The number of hydrogen-bond donors (Lipinski definition) is 2. The van der Waals surface area contributed by atoms with Crippen LogP contribution in [0.2, 0.25) is 0 Å². The molecule has 1 atom stereocenters. The summed E-state index contributed by atoms with van der Waals surface area (Å²) in [4.78, 5) is 0. The van der Waals surface area contributed by atoms with Gasteiger partial charge in [-0.15, -0.1) is 0 Å². The van der Waals surface area contributed by atoms with Gasteiger partial charge in [0.05, 0.1) is 5.84 Å². The molecule has 0 heterocycles. The van der Waals surface area contributed by atoms with Gasteiger partial charge in [-0.05, 0) is 12.3 Å². The Bertz CT molecular complexity index is 99.4. The molecular formula is C8H18N2. The van der Waals surface area contributed by atoms with E-state index in [1.807, 2.05) is 0 Å². The van der Waals surface area contributed by atoms with Gasteiger partial charge in [-0.1, -0.05) is 26.7 Å². The summed E-state index contributed by atoms with van der Waals surface area (Å²) in [5.74, 6) is 1.05. The second-order valence-electron chi connectivity index (χ2n) is 2.96. The van der Waals surface area contributed by atoms with E-state index >= 15 is 0 Å². The zero-order valence-corrected chi connectivity index (χ0v) is 6.98. The molecule has 0 radical (unpaired) electrons. The second kappa shape index (κ2) is 5.27. The summed E-state index contributed by atoms with van der Waals surface area (Å²) in [6.07, 6.45) is 4.33. The lowest BCUT2D eigenvalue weighted by atomic mass is 10.0. The standard InChI is InChI=1S/C8H18N2/c1-3-4-7(2)5-6-8(9)10/h7H,3-6H2,1-2H3,(H3,9,10). The Morgan fingerprint density at radius 1 is 1.50 bits per heavy atom. The normalized spacial score (nSPS) is 13.0. The molecule has 0 saturated carbocycles. The highest BCUT2D eigenvalue weighted by molar-refractivity contribution is 5.76. The molecule has 10 heavy (non-hydrogen) atoms. The molecule has 0 aromatic heterocycles. The zero-order valence-electron chi connectivity index (χ0n) is 6.98. The smallest absolute Gasteiger partial charge is 0.0905 e. The van der Waals surface area contributed by atoms with Gasteiger partial charge in [0.15, 0.2) is 0 Å². The molecule has 0 aromatic carbocycles. The highest BCUT2D eigenvalue weighted by atomic mass is 14.7. The van der Waals surface area contributed by atoms with Crippen LogP contribution in [0, 0.1) is 11.3 Å². The van der Waals surface area contributed by atoms with E-state index in [1.165, 1.54) is 12.8 Å². The van der Waals surface area contributed by atoms with Crippen LogP contribution in [0.4, 0.5) is 0 Å². The minimum atomic E-state index is 0.322. The van der Waals surface area contributed by atoms with Crippen LogP contribution >= 0.6 is 0 Å². The summed E-state index contributed by atoms with van der Waals surface area (Å²) in [6, 6.07) is 0. The highest BCUT2D eigenvalue weighted by Crippen LogP contribution is 2.11. The topological polar surface area (TPSA) is 49.9 Å². The largest absolute Gasteiger partial charge is 0.388 e. The summed E-state index contributed by atoms with van der Waals surface area (Å²) in [7, 11) is 0. The molecule has 60 valence electrons. The van der Waals surface area contributed by atoms with E-state index in [0.29, 0.717) is 5.84 Å². The molecule has 0 fully saturated rings. The number of rotatable bonds is 5. The van der Waals surface area contributed by atoms with E-state index in [4.69, 9.17) is 11.1 Å². The third kappa shape index (κ3) is 5.60. The average molecular weight is 142 g/mol. The minimum absolute atomic E-state index is 0.322. The van der Waals surface area contributed by atoms with Crippen LogP contribution in [0.5, 0.6) is 0 Å². The van der Waals surface area contributed by atoms with Crippen molar-refractivity contribution < 1.29 is 0 Å². The zero-order chi connectivity index (χ0) is 7.98. The quantitative estimate of drug-likeness (QED) is 0.448. The van der Waals surface area contributed by atoms with Gasteiger partial charge >= 0.3 is 0 Å². The average Bonchev–Trinajstić information content (AvgIpc) is 1.85. The van der Waals surface area contributed by atoms with Crippen LogP contribution in [0.25, 0.3) is 0 Å². The van der Waals surface area contributed by atoms with Crippen LogP contribution in [0.15, 0.2) is 0 Å². The Kier molecular flexibility index (Phi) is 4.99. The molecule has 0 amide bonds. The van der Waals surface area contributed by atoms with Crippen molar-refractivity contribution in [3.05, 3.63) is 0 Å². The van der Waals surface area contributed by atoms with Crippen LogP contribution in [-0.4, -0.2) is 5.84 Å². The first kappa shape index (κ1) is 9.47. The maximum Gasteiger partial charge on any atom is 0.0905 e. The first-order chi connectivity index (χ1) is 4.66. The predicted octanol–water partition coefficient (Wildman–Crippen LogP) is 2.14. The molecular weight excluding hydrogens is 124 g/mol. The van der Waals surface area contributed by atoms with E-state index in [9.17, 15) is 0 Å². The van der Waals surface area contributed by atoms with Crippen molar-refractivity contribution in [3.8, 4) is 0 Å². The Morgan fingerprint density at radius 3 is 2.50 bits per heavy atom. The van der Waals surface area contributed by atoms with E-state index in [2.05, 4.69) is 13.8 Å². The molecule has 0 saturated heterocycles. The van der Waals surface area contributed by atoms with E-state index in [0.717, 1.165) is 18.8 Å². The molecule has 0 rings (SSSR count). The van der Waals surface area contributed by atoms with Crippen molar-refractivity contribution in [1.82, 2.24) is 0 Å². The first-order valence-electron chi connectivity index (χ1n) is 3.99. The molecule has 1 unspecified atom stereocenters. The van der Waals surface area contributed by atoms with Gasteiger partial charge in [-0.25, -0.2) is 0 Å². The third-order valence-electron chi connectivity index (χ3n) is 1.69. The van der Waals surface area contributed by atoms with Crippen LogP contribution in [-0.2, 0) is 0 Å². The lowest BCUT2D eigenvalue weighted by molar-refractivity contribution is 0.495. The summed E-state index contributed by atoms with van der Waals surface area (Å²) < 4.78 is 0. The van der Waals surface area contributed by atoms with Crippen LogP contribution < -0.4 is 5.73 Å². The van der Waals surface area contributed by atoms with Crippen molar-refractivity contribution in [2.45, 2.75) is 39.5 Å². The molecule has 2 heteroatoms. The molecule has 3 N–H and O–H groups in total. The molecule has 0 aliphatic carbocycles. The van der Waals surface area contributed by atoms with E-state index in [-0.39, 0.29) is 0 Å². The Hall–Kier alpha value is -0.530. The maximum atomic E-state index is 7.00. The minimum Gasteiger partial charge on any atom is -0.388 e. The van der Waals surface area contributed by atoms with Gasteiger partial charge in [0, 0.05) is 6.42 Å². The first-order valence-corrected chi connectivity index (χ1v) is 3.99. The van der Waals surface area contributed by atoms with Gasteiger partial charge in [0.2, 0.25) is 0 Å². The molecule has 0 aromatic rings. The van der Waals surface area contributed by atoms with Crippen molar-refractivity contribution >= 4 is 5.84 Å². The summed E-state index contributed by atoms with van der Waals surface area (Å²) in [6.45, 7) is 4.40. The van der Waals surface area contributed by atoms with Crippen molar-refractivity contribution in [2.24, 2.45) is 11.7 Å². The van der Waals surface area contributed by atoms with Crippen molar-refractivity contribution in [1.29, 1.82) is 5.41 Å². The van der Waals surface area contributed by atoms with E-state index in [1.54, 1.807) is 0 Å². The summed E-state index contributed by atoms with van der Waals surface area (Å²) in [5.41, 5.74) is 5.22. The predicted molar refractivity (Wildman–Crippen MR) is 45.2 cm³/mol. The molecule has 0 spiro atoms. The van der Waals surface area contributed by atoms with Crippen molar-refractivity contribution in [3.63, 3.8) is 0 Å². The fraction of sp³-hybridized carbons (Fsp3) is 0.875. The fourth-order valence-corrected chi connectivity index (χ4v) is 1.04. The number of amidine groups is 1. The number of hydrogen-bond acceptors (Lipinski definition) is 1. The SMILES string of the molecule is CCCC(C)CCC(=N)N. The van der Waals surface area contributed by atoms with Crippen molar-refractivity contribution in [2.75, 3.05) is 0 Å². The Labute approximate surface area is 63.3 Å². The molecule has 2 nitrogen and oxygen atoms in total. The third-order valence-corrected chi connectivity index (χ3v) is 1.69. The monoisotopic (exact) mass is 142 g/mol. The second-order valence-corrected chi connectivity index (χ2v) is 2.96. The maximum absolute atomic E-state index is 7.00. The van der Waals surface area contributed by atoms with E-state index < -0.39 is 0 Å². The van der Waals surface area contributed by atoms with Gasteiger partial charge in [-0.3, -0.25) is 5.41 Å². The Morgan fingerprint density at radius 2 is 2.10 bits per heavy atom.